The van der Waals surface area contributed by atoms with Crippen LogP contribution in [0.15, 0.2) is 28.7 Å². The van der Waals surface area contributed by atoms with Crippen LogP contribution in [0.4, 0.5) is 0 Å². The molecule has 2 fully saturated rings. The van der Waals surface area contributed by atoms with Crippen LogP contribution in [-0.4, -0.2) is 73.6 Å². The summed E-state index contributed by atoms with van der Waals surface area (Å²) < 4.78 is 11.5. The Morgan fingerprint density at radius 1 is 1.25 bits per heavy atom. The first kappa shape index (κ1) is 19.0. The molecule has 1 N–H and O–H groups in total. The highest BCUT2D eigenvalue weighted by Crippen LogP contribution is 2.25. The van der Waals surface area contributed by atoms with Crippen LogP contribution < -0.4 is 5.32 Å². The van der Waals surface area contributed by atoms with E-state index in [0.717, 1.165) is 36.2 Å². The van der Waals surface area contributed by atoms with Gasteiger partial charge < -0.3 is 19.4 Å². The Balaban J connectivity index is 1.35. The summed E-state index contributed by atoms with van der Waals surface area (Å²) in [5.74, 6) is 0.853. The Morgan fingerprint density at radius 2 is 2.07 bits per heavy atom. The van der Waals surface area contributed by atoms with Gasteiger partial charge in [-0.05, 0) is 37.6 Å². The van der Waals surface area contributed by atoms with Crippen molar-refractivity contribution in [2.24, 2.45) is 0 Å². The molecule has 2 aromatic rings. The smallest absolute Gasteiger partial charge is 0.251 e. The maximum atomic E-state index is 12.7. The van der Waals surface area contributed by atoms with Crippen molar-refractivity contribution >= 4 is 22.8 Å². The van der Waals surface area contributed by atoms with Crippen molar-refractivity contribution in [3.63, 3.8) is 0 Å². The van der Waals surface area contributed by atoms with Crippen LogP contribution in [0, 0.1) is 6.92 Å². The largest absolute Gasteiger partial charge is 0.461 e. The fourth-order valence-electron chi connectivity index (χ4n) is 4.13. The molecule has 7 nitrogen and oxygen atoms in total. The molecule has 0 unspecified atom stereocenters. The first-order valence-electron chi connectivity index (χ1n) is 9.76. The maximum Gasteiger partial charge on any atom is 0.251 e. The molecule has 150 valence electrons. The normalized spacial score (nSPS) is 24.9. The van der Waals surface area contributed by atoms with E-state index in [1.165, 1.54) is 0 Å². The molecule has 3 heterocycles. The van der Waals surface area contributed by atoms with Gasteiger partial charge in [0.2, 0.25) is 5.91 Å². The zero-order valence-corrected chi connectivity index (χ0v) is 16.6. The zero-order valence-electron chi connectivity index (χ0n) is 16.6. The minimum atomic E-state index is -0.0765. The molecule has 4 rings (SSSR count). The van der Waals surface area contributed by atoms with Gasteiger partial charge in [-0.3, -0.25) is 14.5 Å². The van der Waals surface area contributed by atoms with Crippen LogP contribution in [0.1, 0.15) is 29.0 Å². The van der Waals surface area contributed by atoms with Crippen LogP contribution >= 0.6 is 0 Å². The fourth-order valence-corrected chi connectivity index (χ4v) is 4.13. The number of nitrogens with zero attached hydrogens (tertiary/aromatic N) is 2. The molecule has 7 heteroatoms. The van der Waals surface area contributed by atoms with Gasteiger partial charge in [0.1, 0.15) is 11.3 Å². The lowest BCUT2D eigenvalue weighted by atomic mass is 10.1. The summed E-state index contributed by atoms with van der Waals surface area (Å²) in [6, 6.07) is 7.84. The van der Waals surface area contributed by atoms with Crippen LogP contribution in [0.3, 0.4) is 0 Å². The Hall–Kier alpha value is -2.38. The predicted molar refractivity (Wildman–Crippen MR) is 105 cm³/mol. The highest BCUT2D eigenvalue weighted by atomic mass is 16.5. The van der Waals surface area contributed by atoms with Crippen molar-refractivity contribution < 1.29 is 18.7 Å². The van der Waals surface area contributed by atoms with Gasteiger partial charge in [-0.25, -0.2) is 0 Å². The zero-order chi connectivity index (χ0) is 19.8. The second-order valence-corrected chi connectivity index (χ2v) is 8.07. The van der Waals surface area contributed by atoms with Crippen LogP contribution in [0.25, 0.3) is 11.0 Å². The minimum absolute atomic E-state index is 0.0640. The molecule has 1 aromatic carbocycles. The molecule has 0 aliphatic carbocycles. The molecule has 2 amide bonds. The number of benzene rings is 1. The van der Waals surface area contributed by atoms with Crippen molar-refractivity contribution in [3.05, 3.63) is 35.6 Å². The third-order valence-corrected chi connectivity index (χ3v) is 5.63. The lowest BCUT2D eigenvalue weighted by Gasteiger charge is -2.35. The highest BCUT2D eigenvalue weighted by Gasteiger charge is 2.38. The van der Waals surface area contributed by atoms with Gasteiger partial charge in [0.15, 0.2) is 0 Å². The molecule has 28 heavy (non-hydrogen) atoms. The number of aryl methyl sites for hydroxylation is 1. The van der Waals surface area contributed by atoms with Crippen LogP contribution in [0.2, 0.25) is 0 Å². The maximum absolute atomic E-state index is 12.7. The summed E-state index contributed by atoms with van der Waals surface area (Å²) in [5.41, 5.74) is 1.44. The van der Waals surface area contributed by atoms with Gasteiger partial charge in [0.25, 0.3) is 5.91 Å². The average molecular weight is 385 g/mol. The first-order chi connectivity index (χ1) is 13.4. The predicted octanol–water partition coefficient (Wildman–Crippen LogP) is 1.79. The summed E-state index contributed by atoms with van der Waals surface area (Å²) in [6.07, 6.45) is 1.19. The molecule has 2 aliphatic rings. The second kappa shape index (κ2) is 7.56. The highest BCUT2D eigenvalue weighted by molar-refractivity contribution is 5.98. The standard InChI is InChI=1S/C21H27N3O4/c1-13-6-15-7-14(4-5-19(15)28-13)21(26)22-16-8-17-12-27-18(11-24(17)10-16)9-20(25)23(2)3/h4-7,16-18H,8-12H2,1-3H3,(H,22,26)/t16-,17-,18-/m0/s1. The molecule has 0 saturated carbocycles. The lowest BCUT2D eigenvalue weighted by Crippen LogP contribution is -2.47. The summed E-state index contributed by atoms with van der Waals surface area (Å²) in [4.78, 5) is 28.6. The third kappa shape index (κ3) is 3.91. The van der Waals surface area contributed by atoms with E-state index in [-0.39, 0.29) is 24.0 Å². The van der Waals surface area contributed by atoms with Crippen molar-refractivity contribution in [1.82, 2.24) is 15.1 Å². The topological polar surface area (TPSA) is 75.0 Å². The van der Waals surface area contributed by atoms with E-state index in [4.69, 9.17) is 9.15 Å². The van der Waals surface area contributed by atoms with Gasteiger partial charge in [-0.1, -0.05) is 0 Å². The van der Waals surface area contributed by atoms with Crippen LogP contribution in [-0.2, 0) is 9.53 Å². The van der Waals surface area contributed by atoms with Crippen molar-refractivity contribution in [1.29, 1.82) is 0 Å². The number of morpholine rings is 1. The lowest BCUT2D eigenvalue weighted by molar-refractivity contribution is -0.134. The number of amides is 2. The quantitative estimate of drug-likeness (QED) is 0.869. The van der Waals surface area contributed by atoms with Gasteiger partial charge >= 0.3 is 0 Å². The SMILES string of the molecule is Cc1cc2cc(C(=O)N[C@H]3C[C@H]4CO[C@@H](CC(=O)N(C)C)CN4C3)ccc2o1. The van der Waals surface area contributed by atoms with E-state index in [0.29, 0.717) is 24.6 Å². The molecule has 0 spiro atoms. The van der Waals surface area contributed by atoms with Gasteiger partial charge in [0, 0.05) is 50.2 Å². The van der Waals surface area contributed by atoms with Crippen molar-refractivity contribution in [2.75, 3.05) is 33.8 Å². The number of hydrogen-bond acceptors (Lipinski definition) is 5. The Labute approximate surface area is 164 Å². The van der Waals surface area contributed by atoms with Gasteiger partial charge in [-0.2, -0.15) is 0 Å². The Bertz CT molecular complexity index is 891. The molecule has 0 radical (unpaired) electrons. The number of fused-ring (bicyclic) bond motifs is 2. The number of carbonyl (C=O) groups is 2. The van der Waals surface area contributed by atoms with Crippen molar-refractivity contribution in [3.8, 4) is 0 Å². The average Bonchev–Trinajstić information content (AvgIpc) is 3.21. The molecule has 1 aromatic heterocycles. The van der Waals surface area contributed by atoms with Crippen molar-refractivity contribution in [2.45, 2.75) is 38.0 Å². The molecular formula is C21H27N3O4. The summed E-state index contributed by atoms with van der Waals surface area (Å²) in [7, 11) is 3.52. The summed E-state index contributed by atoms with van der Waals surface area (Å²) in [6.45, 7) is 4.03. The molecule has 3 atom stereocenters. The van der Waals surface area contributed by atoms with E-state index in [9.17, 15) is 9.59 Å². The first-order valence-corrected chi connectivity index (χ1v) is 9.76. The van der Waals surface area contributed by atoms with E-state index in [2.05, 4.69) is 10.2 Å². The minimum Gasteiger partial charge on any atom is -0.461 e. The summed E-state index contributed by atoms with van der Waals surface area (Å²) >= 11 is 0. The second-order valence-electron chi connectivity index (χ2n) is 8.07. The van der Waals surface area contributed by atoms with E-state index < -0.39 is 0 Å². The number of furan rings is 1. The van der Waals surface area contributed by atoms with Crippen LogP contribution in [0.5, 0.6) is 0 Å². The monoisotopic (exact) mass is 385 g/mol. The molecule has 2 aliphatic heterocycles. The third-order valence-electron chi connectivity index (χ3n) is 5.63. The Morgan fingerprint density at radius 3 is 2.86 bits per heavy atom. The summed E-state index contributed by atoms with van der Waals surface area (Å²) in [5, 5.41) is 4.10. The number of hydrogen-bond donors (Lipinski definition) is 1. The van der Waals surface area contributed by atoms with E-state index in [1.807, 2.05) is 25.1 Å². The van der Waals surface area contributed by atoms with Gasteiger partial charge in [0.05, 0.1) is 19.1 Å². The van der Waals surface area contributed by atoms with Gasteiger partial charge in [-0.15, -0.1) is 0 Å². The molecular weight excluding hydrogens is 358 g/mol. The Kier molecular flexibility index (Phi) is 5.12. The fraction of sp³-hybridized carbons (Fsp3) is 0.524. The number of carbonyl (C=O) groups excluding carboxylic acids is 2. The van der Waals surface area contributed by atoms with E-state index >= 15 is 0 Å². The van der Waals surface area contributed by atoms with E-state index in [1.54, 1.807) is 25.1 Å². The number of nitrogens with one attached hydrogen (secondary N) is 1. The molecule has 2 saturated heterocycles. The number of rotatable bonds is 4. The number of ether oxygens (including phenoxy) is 1. The molecule has 0 bridgehead atoms.